The first-order valence-corrected chi connectivity index (χ1v) is 7.51. The van der Waals surface area contributed by atoms with Crippen LogP contribution in [0.1, 0.15) is 29.6 Å². The number of rotatable bonds is 3. The number of fused-ring (bicyclic) bond motifs is 1. The monoisotopic (exact) mass is 274 g/mol. The largest absolute Gasteiger partial charge is 0.508 e. The number of phenolic OH excluding ortho intramolecular Hbond substituents is 1. The molecule has 3 rings (SSSR count). The van der Waals surface area contributed by atoms with Crippen molar-refractivity contribution in [1.29, 1.82) is 0 Å². The first-order valence-electron chi connectivity index (χ1n) is 7.51. The molecule has 2 aliphatic heterocycles. The van der Waals surface area contributed by atoms with Crippen LogP contribution in [0, 0.1) is 0 Å². The van der Waals surface area contributed by atoms with Crippen molar-refractivity contribution in [3.8, 4) is 5.75 Å². The zero-order chi connectivity index (χ0) is 13.9. The Labute approximate surface area is 120 Å². The minimum atomic E-state index is 0.147. The molecule has 20 heavy (non-hydrogen) atoms. The minimum Gasteiger partial charge on any atom is -0.508 e. The summed E-state index contributed by atoms with van der Waals surface area (Å²) in [6, 6.07) is 7.20. The van der Waals surface area contributed by atoms with Crippen molar-refractivity contribution in [3.05, 3.63) is 29.8 Å². The molecule has 2 fully saturated rings. The van der Waals surface area contributed by atoms with Gasteiger partial charge in [0.25, 0.3) is 0 Å². The SMILES string of the molecule is O=C(CN1CCN2CCCCC2C1)c1ccc(O)cc1. The van der Waals surface area contributed by atoms with Crippen molar-refractivity contribution in [2.24, 2.45) is 0 Å². The summed E-state index contributed by atoms with van der Waals surface area (Å²) in [4.78, 5) is 17.1. The molecule has 2 heterocycles. The van der Waals surface area contributed by atoms with Gasteiger partial charge in [-0.2, -0.15) is 0 Å². The van der Waals surface area contributed by atoms with Crippen molar-refractivity contribution < 1.29 is 9.90 Å². The lowest BCUT2D eigenvalue weighted by atomic mass is 9.99. The molecule has 0 aliphatic carbocycles. The van der Waals surface area contributed by atoms with E-state index in [4.69, 9.17) is 0 Å². The fourth-order valence-corrected chi connectivity index (χ4v) is 3.31. The summed E-state index contributed by atoms with van der Waals surface area (Å²) in [5.41, 5.74) is 0.689. The molecule has 0 aromatic heterocycles. The van der Waals surface area contributed by atoms with Crippen molar-refractivity contribution in [2.75, 3.05) is 32.7 Å². The maximum Gasteiger partial charge on any atom is 0.176 e. The summed E-state index contributed by atoms with van der Waals surface area (Å²) < 4.78 is 0. The van der Waals surface area contributed by atoms with E-state index in [-0.39, 0.29) is 11.5 Å². The van der Waals surface area contributed by atoms with E-state index in [2.05, 4.69) is 9.80 Å². The third kappa shape index (κ3) is 3.02. The number of piperidine rings is 1. The fourth-order valence-electron chi connectivity index (χ4n) is 3.31. The Morgan fingerprint density at radius 1 is 1.15 bits per heavy atom. The van der Waals surface area contributed by atoms with Crippen LogP contribution in [0.15, 0.2) is 24.3 Å². The lowest BCUT2D eigenvalue weighted by Gasteiger charge is -2.43. The highest BCUT2D eigenvalue weighted by Crippen LogP contribution is 2.21. The van der Waals surface area contributed by atoms with Gasteiger partial charge >= 0.3 is 0 Å². The van der Waals surface area contributed by atoms with Crippen molar-refractivity contribution in [3.63, 3.8) is 0 Å². The number of carbonyl (C=O) groups is 1. The number of ketones is 1. The Hall–Kier alpha value is -1.39. The molecule has 1 unspecified atom stereocenters. The first kappa shape index (κ1) is 13.6. The van der Waals surface area contributed by atoms with Gasteiger partial charge in [-0.1, -0.05) is 6.42 Å². The second-order valence-corrected chi connectivity index (χ2v) is 5.89. The predicted molar refractivity (Wildman–Crippen MR) is 78.1 cm³/mol. The molecule has 2 saturated heterocycles. The first-order chi connectivity index (χ1) is 9.72. The van der Waals surface area contributed by atoms with Gasteiger partial charge < -0.3 is 5.11 Å². The average Bonchev–Trinajstić information content (AvgIpc) is 2.48. The van der Waals surface area contributed by atoms with Crippen LogP contribution in [-0.2, 0) is 0 Å². The van der Waals surface area contributed by atoms with Gasteiger partial charge in [-0.05, 0) is 43.7 Å². The van der Waals surface area contributed by atoms with Gasteiger partial charge in [0.1, 0.15) is 5.75 Å². The molecule has 4 nitrogen and oxygen atoms in total. The Morgan fingerprint density at radius 2 is 1.95 bits per heavy atom. The number of hydrogen-bond acceptors (Lipinski definition) is 4. The van der Waals surface area contributed by atoms with Gasteiger partial charge in [-0.25, -0.2) is 0 Å². The van der Waals surface area contributed by atoms with E-state index in [1.807, 2.05) is 0 Å². The number of aromatic hydroxyl groups is 1. The maximum atomic E-state index is 12.2. The Kier molecular flexibility index (Phi) is 4.03. The van der Waals surface area contributed by atoms with E-state index in [0.29, 0.717) is 18.2 Å². The quantitative estimate of drug-likeness (QED) is 0.853. The van der Waals surface area contributed by atoms with Crippen LogP contribution in [0.25, 0.3) is 0 Å². The number of phenols is 1. The number of benzene rings is 1. The van der Waals surface area contributed by atoms with Gasteiger partial charge in [-0.15, -0.1) is 0 Å². The van der Waals surface area contributed by atoms with Crippen LogP contribution in [0.2, 0.25) is 0 Å². The molecule has 0 saturated carbocycles. The summed E-state index contributed by atoms with van der Waals surface area (Å²) in [7, 11) is 0. The van der Waals surface area contributed by atoms with Crippen LogP contribution in [0.3, 0.4) is 0 Å². The lowest BCUT2D eigenvalue weighted by Crippen LogP contribution is -2.55. The van der Waals surface area contributed by atoms with E-state index in [9.17, 15) is 9.90 Å². The molecule has 0 spiro atoms. The maximum absolute atomic E-state index is 12.2. The molecule has 1 aromatic carbocycles. The normalized spacial score (nSPS) is 24.3. The van der Waals surface area contributed by atoms with Crippen molar-refractivity contribution in [1.82, 2.24) is 9.80 Å². The average molecular weight is 274 g/mol. The number of hydrogen-bond donors (Lipinski definition) is 1. The number of piperazine rings is 1. The Bertz CT molecular complexity index is 472. The van der Waals surface area contributed by atoms with Gasteiger partial charge in [0.05, 0.1) is 6.54 Å². The molecule has 2 aliphatic rings. The fraction of sp³-hybridized carbons (Fsp3) is 0.562. The molecule has 0 radical (unpaired) electrons. The number of nitrogens with zero attached hydrogens (tertiary/aromatic N) is 2. The van der Waals surface area contributed by atoms with Gasteiger partial charge in [0.2, 0.25) is 0 Å². The molecule has 0 bridgehead atoms. The smallest absolute Gasteiger partial charge is 0.176 e. The molecular weight excluding hydrogens is 252 g/mol. The van der Waals surface area contributed by atoms with E-state index in [1.54, 1.807) is 24.3 Å². The van der Waals surface area contributed by atoms with E-state index >= 15 is 0 Å². The summed E-state index contributed by atoms with van der Waals surface area (Å²) >= 11 is 0. The molecule has 108 valence electrons. The summed E-state index contributed by atoms with van der Waals surface area (Å²) in [6.45, 7) is 4.82. The van der Waals surface area contributed by atoms with Gasteiger partial charge in [0.15, 0.2) is 5.78 Å². The molecular formula is C16H22N2O2. The topological polar surface area (TPSA) is 43.8 Å². The summed E-state index contributed by atoms with van der Waals surface area (Å²) in [6.07, 6.45) is 3.91. The molecule has 1 N–H and O–H groups in total. The Balaban J connectivity index is 1.58. The van der Waals surface area contributed by atoms with E-state index in [1.165, 1.54) is 25.8 Å². The number of carbonyl (C=O) groups excluding carboxylic acids is 1. The third-order valence-corrected chi connectivity index (χ3v) is 4.48. The van der Waals surface area contributed by atoms with Crippen LogP contribution >= 0.6 is 0 Å². The van der Waals surface area contributed by atoms with Crippen LogP contribution < -0.4 is 0 Å². The molecule has 4 heteroatoms. The van der Waals surface area contributed by atoms with Crippen molar-refractivity contribution in [2.45, 2.75) is 25.3 Å². The second kappa shape index (κ2) is 5.94. The lowest BCUT2D eigenvalue weighted by molar-refractivity contribution is 0.0469. The van der Waals surface area contributed by atoms with Crippen LogP contribution in [0.4, 0.5) is 0 Å². The Morgan fingerprint density at radius 3 is 2.75 bits per heavy atom. The van der Waals surface area contributed by atoms with E-state index < -0.39 is 0 Å². The molecule has 1 aromatic rings. The second-order valence-electron chi connectivity index (χ2n) is 5.89. The van der Waals surface area contributed by atoms with Crippen LogP contribution in [0.5, 0.6) is 5.75 Å². The molecule has 0 amide bonds. The molecule has 1 atom stereocenters. The minimum absolute atomic E-state index is 0.147. The third-order valence-electron chi connectivity index (χ3n) is 4.48. The summed E-state index contributed by atoms with van der Waals surface area (Å²) in [5.74, 6) is 0.353. The highest BCUT2D eigenvalue weighted by molar-refractivity contribution is 5.97. The van der Waals surface area contributed by atoms with E-state index in [0.717, 1.165) is 19.6 Å². The standard InChI is InChI=1S/C16H22N2O2/c19-15-6-4-13(5-7-15)16(20)12-17-9-10-18-8-2-1-3-14(18)11-17/h4-7,14,19H,1-3,8-12H2. The van der Waals surface area contributed by atoms with Gasteiger partial charge in [0, 0.05) is 31.2 Å². The highest BCUT2D eigenvalue weighted by atomic mass is 16.3. The predicted octanol–water partition coefficient (Wildman–Crippen LogP) is 1.74. The van der Waals surface area contributed by atoms with Gasteiger partial charge in [-0.3, -0.25) is 14.6 Å². The zero-order valence-electron chi connectivity index (χ0n) is 11.8. The highest BCUT2D eigenvalue weighted by Gasteiger charge is 2.29. The summed E-state index contributed by atoms with van der Waals surface area (Å²) in [5, 5.41) is 9.26. The number of Topliss-reactive ketones (excluding diaryl/α,β-unsaturated/α-hetero) is 1. The van der Waals surface area contributed by atoms with Crippen molar-refractivity contribution >= 4 is 5.78 Å². The van der Waals surface area contributed by atoms with Crippen LogP contribution in [-0.4, -0.2) is 59.5 Å². The zero-order valence-corrected chi connectivity index (χ0v) is 11.8.